The van der Waals surface area contributed by atoms with Gasteiger partial charge in [0, 0.05) is 31.2 Å². The number of aryl methyl sites for hydroxylation is 1. The second-order valence-electron chi connectivity index (χ2n) is 6.32. The van der Waals surface area contributed by atoms with E-state index in [1.54, 1.807) is 6.07 Å². The molecule has 0 unspecified atom stereocenters. The van der Waals surface area contributed by atoms with Crippen LogP contribution in [0.15, 0.2) is 42.7 Å². The largest absolute Gasteiger partial charge is 0.339 e. The second kappa shape index (κ2) is 7.92. The van der Waals surface area contributed by atoms with Gasteiger partial charge in [-0.15, -0.1) is 0 Å². The van der Waals surface area contributed by atoms with Crippen LogP contribution in [0.1, 0.15) is 52.5 Å². The zero-order valence-corrected chi connectivity index (χ0v) is 14.5. The summed E-state index contributed by atoms with van der Waals surface area (Å²) in [5, 5.41) is 2.85. The lowest BCUT2D eigenvalue weighted by Gasteiger charge is -2.26. The van der Waals surface area contributed by atoms with E-state index in [0.29, 0.717) is 11.1 Å². The maximum Gasteiger partial charge on any atom is 0.257 e. The number of carbonyl (C=O) groups excluding carboxylic acids is 2. The molecule has 1 saturated heterocycles. The van der Waals surface area contributed by atoms with Gasteiger partial charge in [-0.25, -0.2) is 0 Å². The van der Waals surface area contributed by atoms with Gasteiger partial charge in [0.15, 0.2) is 0 Å². The van der Waals surface area contributed by atoms with Crippen LogP contribution in [-0.4, -0.2) is 34.8 Å². The van der Waals surface area contributed by atoms with E-state index in [9.17, 15) is 9.59 Å². The topological polar surface area (TPSA) is 62.3 Å². The van der Waals surface area contributed by atoms with Crippen molar-refractivity contribution >= 4 is 17.5 Å². The fourth-order valence-corrected chi connectivity index (χ4v) is 2.99. The fraction of sp³-hybridized carbons (Fsp3) is 0.350. The number of piperidine rings is 1. The first kappa shape index (κ1) is 17.1. The van der Waals surface area contributed by atoms with Crippen LogP contribution in [0.3, 0.4) is 0 Å². The zero-order valence-electron chi connectivity index (χ0n) is 14.5. The summed E-state index contributed by atoms with van der Waals surface area (Å²) in [6.07, 6.45) is 7.22. The van der Waals surface area contributed by atoms with Crippen molar-refractivity contribution in [3.05, 3.63) is 59.4 Å². The summed E-state index contributed by atoms with van der Waals surface area (Å²) >= 11 is 0. The number of likely N-dealkylation sites (tertiary alicyclic amines) is 1. The lowest BCUT2D eigenvalue weighted by Crippen LogP contribution is -2.35. The maximum atomic E-state index is 12.6. The van der Waals surface area contributed by atoms with E-state index in [0.717, 1.165) is 38.0 Å². The summed E-state index contributed by atoms with van der Waals surface area (Å²) in [6, 6.07) is 9.37. The van der Waals surface area contributed by atoms with Crippen molar-refractivity contribution in [3.8, 4) is 0 Å². The number of rotatable bonds is 4. The number of nitrogens with one attached hydrogen (secondary N) is 1. The molecule has 1 aliphatic rings. The minimum absolute atomic E-state index is 0.0471. The Morgan fingerprint density at radius 3 is 2.40 bits per heavy atom. The summed E-state index contributed by atoms with van der Waals surface area (Å²) in [6.45, 7) is 3.64. The Kier molecular flexibility index (Phi) is 5.43. The number of amides is 2. The average Bonchev–Trinajstić information content (AvgIpc) is 2.68. The number of nitrogens with zero attached hydrogens (tertiary/aromatic N) is 2. The second-order valence-corrected chi connectivity index (χ2v) is 6.32. The Balaban J connectivity index is 1.71. The maximum absolute atomic E-state index is 12.6. The summed E-state index contributed by atoms with van der Waals surface area (Å²) in [7, 11) is 0. The summed E-state index contributed by atoms with van der Waals surface area (Å²) in [5.41, 5.74) is 2.81. The molecule has 1 N–H and O–H groups in total. The number of carbonyl (C=O) groups is 2. The quantitative estimate of drug-likeness (QED) is 0.928. The van der Waals surface area contributed by atoms with Gasteiger partial charge in [-0.1, -0.05) is 19.1 Å². The minimum atomic E-state index is -0.259. The molecule has 0 aliphatic carbocycles. The Labute approximate surface area is 148 Å². The average molecular weight is 337 g/mol. The number of benzene rings is 1. The molecule has 5 nitrogen and oxygen atoms in total. The van der Waals surface area contributed by atoms with E-state index in [-0.39, 0.29) is 11.8 Å². The van der Waals surface area contributed by atoms with Crippen LogP contribution < -0.4 is 5.32 Å². The van der Waals surface area contributed by atoms with E-state index in [1.807, 2.05) is 29.2 Å². The van der Waals surface area contributed by atoms with Gasteiger partial charge >= 0.3 is 0 Å². The molecule has 130 valence electrons. The SMILES string of the molecule is CCc1ccc(NC(=O)c2cncc(C(=O)N3CCCCC3)c2)cc1. The van der Waals surface area contributed by atoms with Crippen molar-refractivity contribution in [1.29, 1.82) is 0 Å². The lowest BCUT2D eigenvalue weighted by molar-refractivity contribution is 0.0724. The van der Waals surface area contributed by atoms with Crippen LogP contribution >= 0.6 is 0 Å². The summed E-state index contributed by atoms with van der Waals surface area (Å²) < 4.78 is 0. The molecule has 0 atom stereocenters. The molecule has 2 amide bonds. The highest BCUT2D eigenvalue weighted by Gasteiger charge is 2.19. The van der Waals surface area contributed by atoms with Gasteiger partial charge in [-0.3, -0.25) is 14.6 Å². The van der Waals surface area contributed by atoms with Gasteiger partial charge in [-0.2, -0.15) is 0 Å². The van der Waals surface area contributed by atoms with Gasteiger partial charge in [0.2, 0.25) is 0 Å². The number of aromatic nitrogens is 1. The van der Waals surface area contributed by atoms with Crippen LogP contribution in [-0.2, 0) is 6.42 Å². The normalized spacial score (nSPS) is 14.2. The first-order valence-electron chi connectivity index (χ1n) is 8.82. The van der Waals surface area contributed by atoms with Gasteiger partial charge in [0.25, 0.3) is 11.8 Å². The molecule has 3 rings (SSSR count). The zero-order chi connectivity index (χ0) is 17.6. The molecule has 2 heterocycles. The molecule has 0 spiro atoms. The predicted octanol–water partition coefficient (Wildman–Crippen LogP) is 3.52. The number of anilines is 1. The third kappa shape index (κ3) is 4.24. The van der Waals surface area contributed by atoms with Crippen LogP contribution in [0.4, 0.5) is 5.69 Å². The van der Waals surface area contributed by atoms with Crippen molar-refractivity contribution in [2.45, 2.75) is 32.6 Å². The van der Waals surface area contributed by atoms with Crippen LogP contribution in [0, 0.1) is 0 Å². The Morgan fingerprint density at radius 1 is 1.04 bits per heavy atom. The van der Waals surface area contributed by atoms with E-state index >= 15 is 0 Å². The van der Waals surface area contributed by atoms with E-state index < -0.39 is 0 Å². The smallest absolute Gasteiger partial charge is 0.257 e. The number of hydrogen-bond acceptors (Lipinski definition) is 3. The van der Waals surface area contributed by atoms with Crippen molar-refractivity contribution in [2.24, 2.45) is 0 Å². The summed E-state index contributed by atoms with van der Waals surface area (Å²) in [5.74, 6) is -0.306. The molecule has 1 fully saturated rings. The van der Waals surface area contributed by atoms with Crippen LogP contribution in [0.25, 0.3) is 0 Å². The molecule has 0 bridgehead atoms. The Hall–Kier alpha value is -2.69. The van der Waals surface area contributed by atoms with Crippen molar-refractivity contribution < 1.29 is 9.59 Å². The van der Waals surface area contributed by atoms with E-state index in [1.165, 1.54) is 24.4 Å². The molecule has 5 heteroatoms. The third-order valence-electron chi connectivity index (χ3n) is 4.51. The molecule has 0 radical (unpaired) electrons. The monoisotopic (exact) mass is 337 g/mol. The van der Waals surface area contributed by atoms with Crippen LogP contribution in [0.5, 0.6) is 0 Å². The van der Waals surface area contributed by atoms with Crippen molar-refractivity contribution in [2.75, 3.05) is 18.4 Å². The first-order chi connectivity index (χ1) is 12.2. The number of hydrogen-bond donors (Lipinski definition) is 1. The van der Waals surface area contributed by atoms with Gasteiger partial charge in [0.05, 0.1) is 11.1 Å². The standard InChI is InChI=1S/C20H23N3O2/c1-2-15-6-8-18(9-7-15)22-19(24)16-12-17(14-21-13-16)20(25)23-10-4-3-5-11-23/h6-9,12-14H,2-5,10-11H2,1H3,(H,22,24). The minimum Gasteiger partial charge on any atom is -0.339 e. The highest BCUT2D eigenvalue weighted by molar-refractivity contribution is 6.05. The summed E-state index contributed by atoms with van der Waals surface area (Å²) in [4.78, 5) is 30.9. The molecule has 1 aromatic heterocycles. The molecule has 25 heavy (non-hydrogen) atoms. The highest BCUT2D eigenvalue weighted by atomic mass is 16.2. The Bertz CT molecular complexity index is 750. The van der Waals surface area contributed by atoms with E-state index in [2.05, 4.69) is 17.2 Å². The van der Waals surface area contributed by atoms with Gasteiger partial charge in [0.1, 0.15) is 0 Å². The highest BCUT2D eigenvalue weighted by Crippen LogP contribution is 2.15. The van der Waals surface area contributed by atoms with Gasteiger partial charge in [-0.05, 0) is 49.4 Å². The number of pyridine rings is 1. The lowest BCUT2D eigenvalue weighted by atomic mass is 10.1. The molecule has 1 aliphatic heterocycles. The Morgan fingerprint density at radius 2 is 1.72 bits per heavy atom. The van der Waals surface area contributed by atoms with Crippen molar-refractivity contribution in [3.63, 3.8) is 0 Å². The molecular weight excluding hydrogens is 314 g/mol. The van der Waals surface area contributed by atoms with Crippen LogP contribution in [0.2, 0.25) is 0 Å². The van der Waals surface area contributed by atoms with Gasteiger partial charge < -0.3 is 10.2 Å². The molecule has 1 aromatic carbocycles. The molecule has 2 aromatic rings. The van der Waals surface area contributed by atoms with Crippen molar-refractivity contribution in [1.82, 2.24) is 9.88 Å². The predicted molar refractivity (Wildman–Crippen MR) is 97.8 cm³/mol. The molecule has 0 saturated carbocycles. The fourth-order valence-electron chi connectivity index (χ4n) is 2.99. The first-order valence-corrected chi connectivity index (χ1v) is 8.82. The van der Waals surface area contributed by atoms with E-state index in [4.69, 9.17) is 0 Å². The molecular formula is C20H23N3O2. The third-order valence-corrected chi connectivity index (χ3v) is 4.51.